The number of halogens is 2. The van der Waals surface area contributed by atoms with Crippen LogP contribution in [-0.4, -0.2) is 14.0 Å². The number of nitrogens with zero attached hydrogens (tertiary/aromatic N) is 2. The lowest BCUT2D eigenvalue weighted by Gasteiger charge is -2.05. The van der Waals surface area contributed by atoms with Crippen molar-refractivity contribution in [2.24, 2.45) is 0 Å². The Hall–Kier alpha value is -1.76. The van der Waals surface area contributed by atoms with Gasteiger partial charge in [-0.15, -0.1) is 0 Å². The maximum absolute atomic E-state index is 13.6. The first-order valence-electron chi connectivity index (χ1n) is 5.65. The zero-order valence-electron chi connectivity index (χ0n) is 10.3. The molecule has 1 heterocycles. The average molecular weight is 285 g/mol. The molecule has 0 saturated carbocycles. The number of aromatic nitrogens is 2. The molecule has 2 rings (SSSR count). The van der Waals surface area contributed by atoms with Crippen LogP contribution in [0.2, 0.25) is 0 Å². The molecule has 7 heteroatoms. The van der Waals surface area contributed by atoms with E-state index < -0.39 is 27.3 Å². The molecule has 0 saturated heterocycles. The summed E-state index contributed by atoms with van der Waals surface area (Å²) in [5.41, 5.74) is 5.94. The largest absolute Gasteiger partial charge is 0.399 e. The van der Waals surface area contributed by atoms with E-state index in [1.165, 1.54) is 6.20 Å². The van der Waals surface area contributed by atoms with E-state index >= 15 is 0 Å². The molecule has 2 aromatic rings. The number of aryl methyl sites for hydroxylation is 1. The minimum atomic E-state index is -1.81. The SMILES string of the molecule is CCn1cc(CS(=O)c2c(F)cc(N)cc2F)cn1. The first kappa shape index (κ1) is 13.7. The Labute approximate surface area is 111 Å². The Morgan fingerprint density at radius 1 is 1.37 bits per heavy atom. The average Bonchev–Trinajstić information content (AvgIpc) is 2.75. The lowest BCUT2D eigenvalue weighted by atomic mass is 10.3. The fraction of sp³-hybridized carbons (Fsp3) is 0.250. The Kier molecular flexibility index (Phi) is 3.94. The van der Waals surface area contributed by atoms with E-state index in [-0.39, 0.29) is 11.4 Å². The third kappa shape index (κ3) is 2.98. The van der Waals surface area contributed by atoms with E-state index in [1.54, 1.807) is 10.9 Å². The number of anilines is 1. The highest BCUT2D eigenvalue weighted by Crippen LogP contribution is 2.22. The number of hydrogen-bond donors (Lipinski definition) is 1. The van der Waals surface area contributed by atoms with Crippen LogP contribution in [0.25, 0.3) is 0 Å². The van der Waals surface area contributed by atoms with Gasteiger partial charge in [-0.25, -0.2) is 8.78 Å². The second kappa shape index (κ2) is 5.48. The molecule has 0 fully saturated rings. The molecular weight excluding hydrogens is 272 g/mol. The Morgan fingerprint density at radius 2 is 2.00 bits per heavy atom. The predicted molar refractivity (Wildman–Crippen MR) is 68.8 cm³/mol. The maximum Gasteiger partial charge on any atom is 0.144 e. The molecule has 1 atom stereocenters. The monoisotopic (exact) mass is 285 g/mol. The Morgan fingerprint density at radius 3 is 2.53 bits per heavy atom. The van der Waals surface area contributed by atoms with Gasteiger partial charge in [-0.2, -0.15) is 5.10 Å². The lowest BCUT2D eigenvalue weighted by molar-refractivity contribution is 0.535. The van der Waals surface area contributed by atoms with E-state index in [0.29, 0.717) is 12.1 Å². The molecule has 1 aromatic heterocycles. The highest BCUT2D eigenvalue weighted by atomic mass is 32.2. The first-order valence-corrected chi connectivity index (χ1v) is 6.97. The number of benzene rings is 1. The van der Waals surface area contributed by atoms with Gasteiger partial charge in [-0.3, -0.25) is 8.89 Å². The van der Waals surface area contributed by atoms with Crippen LogP contribution in [0.1, 0.15) is 12.5 Å². The molecule has 0 aliphatic heterocycles. The molecule has 0 aliphatic carbocycles. The van der Waals surface area contributed by atoms with Crippen LogP contribution >= 0.6 is 0 Å². The van der Waals surface area contributed by atoms with Crippen LogP contribution in [0.5, 0.6) is 0 Å². The molecule has 4 nitrogen and oxygen atoms in total. The Balaban J connectivity index is 2.25. The van der Waals surface area contributed by atoms with Crippen LogP contribution in [0.3, 0.4) is 0 Å². The van der Waals surface area contributed by atoms with Gasteiger partial charge in [0.25, 0.3) is 0 Å². The summed E-state index contributed by atoms with van der Waals surface area (Å²) in [4.78, 5) is -0.446. The van der Waals surface area contributed by atoms with Gasteiger partial charge < -0.3 is 5.73 Å². The maximum atomic E-state index is 13.6. The van der Waals surface area contributed by atoms with Crippen molar-refractivity contribution >= 4 is 16.5 Å². The van der Waals surface area contributed by atoms with Crippen LogP contribution in [0, 0.1) is 11.6 Å². The third-order valence-electron chi connectivity index (χ3n) is 2.56. The fourth-order valence-corrected chi connectivity index (χ4v) is 2.82. The van der Waals surface area contributed by atoms with Crippen LogP contribution < -0.4 is 5.73 Å². The summed E-state index contributed by atoms with van der Waals surface area (Å²) in [5, 5.41) is 4.02. The number of rotatable bonds is 4. The van der Waals surface area contributed by atoms with Crippen molar-refractivity contribution in [3.63, 3.8) is 0 Å². The first-order chi connectivity index (χ1) is 9.01. The van der Waals surface area contributed by atoms with Crippen molar-refractivity contribution in [3.05, 3.63) is 41.7 Å². The molecule has 1 unspecified atom stereocenters. The molecule has 0 radical (unpaired) electrons. The van der Waals surface area contributed by atoms with Crippen LogP contribution in [0.15, 0.2) is 29.4 Å². The zero-order chi connectivity index (χ0) is 14.0. The number of nitrogen functional groups attached to an aromatic ring is 1. The molecule has 102 valence electrons. The van der Waals surface area contributed by atoms with Crippen LogP contribution in [0.4, 0.5) is 14.5 Å². The fourth-order valence-electron chi connectivity index (χ4n) is 1.67. The van der Waals surface area contributed by atoms with Gasteiger partial charge in [-0.05, 0) is 19.1 Å². The minimum Gasteiger partial charge on any atom is -0.399 e. The van der Waals surface area contributed by atoms with Gasteiger partial charge in [0, 0.05) is 24.0 Å². The quantitative estimate of drug-likeness (QED) is 0.875. The molecule has 19 heavy (non-hydrogen) atoms. The molecule has 2 N–H and O–H groups in total. The smallest absolute Gasteiger partial charge is 0.144 e. The second-order valence-corrected chi connectivity index (χ2v) is 5.40. The van der Waals surface area contributed by atoms with Gasteiger partial charge in [-0.1, -0.05) is 0 Å². The van der Waals surface area contributed by atoms with Gasteiger partial charge >= 0.3 is 0 Å². The Bertz CT molecular complexity index is 604. The van der Waals surface area contributed by atoms with Crippen molar-refractivity contribution in [1.29, 1.82) is 0 Å². The van der Waals surface area contributed by atoms with E-state index in [1.807, 2.05) is 6.92 Å². The normalized spacial score (nSPS) is 12.6. The summed E-state index contributed by atoms with van der Waals surface area (Å²) in [6.45, 7) is 2.59. The standard InChI is InChI=1S/C12H13F2N3OS/c1-2-17-6-8(5-16-17)7-19(18)12-10(13)3-9(15)4-11(12)14/h3-6H,2,7,15H2,1H3. The van der Waals surface area contributed by atoms with Gasteiger partial charge in [0.05, 0.1) is 22.7 Å². The minimum absolute atomic E-state index is 0.0117. The summed E-state index contributed by atoms with van der Waals surface area (Å²) in [5.74, 6) is -1.77. The van der Waals surface area contributed by atoms with E-state index in [0.717, 1.165) is 12.1 Å². The third-order valence-corrected chi connectivity index (χ3v) is 4.00. The van der Waals surface area contributed by atoms with E-state index in [9.17, 15) is 13.0 Å². The second-order valence-electron chi connectivity index (χ2n) is 4.01. The van der Waals surface area contributed by atoms with Crippen molar-refractivity contribution in [2.45, 2.75) is 24.1 Å². The molecule has 0 aliphatic rings. The summed E-state index contributed by atoms with van der Waals surface area (Å²) in [6, 6.07) is 1.93. The molecular formula is C12H13F2N3OS. The lowest BCUT2D eigenvalue weighted by Crippen LogP contribution is -2.03. The highest BCUT2D eigenvalue weighted by Gasteiger charge is 2.17. The van der Waals surface area contributed by atoms with E-state index in [4.69, 9.17) is 5.73 Å². The number of hydrogen-bond acceptors (Lipinski definition) is 3. The van der Waals surface area contributed by atoms with Gasteiger partial charge in [0.15, 0.2) is 0 Å². The topological polar surface area (TPSA) is 60.9 Å². The van der Waals surface area contributed by atoms with Crippen molar-refractivity contribution in [3.8, 4) is 0 Å². The van der Waals surface area contributed by atoms with Crippen LogP contribution in [-0.2, 0) is 23.1 Å². The summed E-state index contributed by atoms with van der Waals surface area (Å²) in [7, 11) is -1.81. The van der Waals surface area contributed by atoms with Gasteiger partial charge in [0.1, 0.15) is 16.5 Å². The van der Waals surface area contributed by atoms with Gasteiger partial charge in [0.2, 0.25) is 0 Å². The van der Waals surface area contributed by atoms with Crippen molar-refractivity contribution < 1.29 is 13.0 Å². The van der Waals surface area contributed by atoms with Crippen molar-refractivity contribution in [1.82, 2.24) is 9.78 Å². The molecule has 0 amide bonds. The van der Waals surface area contributed by atoms with Crippen molar-refractivity contribution in [2.75, 3.05) is 5.73 Å². The molecule has 0 bridgehead atoms. The zero-order valence-corrected chi connectivity index (χ0v) is 11.1. The summed E-state index contributed by atoms with van der Waals surface area (Å²) >= 11 is 0. The summed E-state index contributed by atoms with van der Waals surface area (Å²) in [6.07, 6.45) is 3.24. The number of nitrogens with two attached hydrogens (primary N) is 1. The molecule has 1 aromatic carbocycles. The highest BCUT2D eigenvalue weighted by molar-refractivity contribution is 7.84. The van der Waals surface area contributed by atoms with E-state index in [2.05, 4.69) is 5.10 Å². The summed E-state index contributed by atoms with van der Waals surface area (Å²) < 4.78 is 40.9. The predicted octanol–water partition coefficient (Wildman–Crippen LogP) is 2.07. The molecule has 0 spiro atoms.